The van der Waals surface area contributed by atoms with E-state index in [0.29, 0.717) is 35.4 Å². The van der Waals surface area contributed by atoms with Gasteiger partial charge in [0.15, 0.2) is 5.78 Å². The molecule has 0 aliphatic carbocycles. The molecule has 4 heterocycles. The number of aromatic nitrogens is 4. The van der Waals surface area contributed by atoms with E-state index in [2.05, 4.69) is 21.3 Å². The lowest BCUT2D eigenvalue weighted by molar-refractivity contribution is 0.0941. The normalized spacial score (nSPS) is 14.2. The van der Waals surface area contributed by atoms with Crippen molar-refractivity contribution in [1.29, 1.82) is 0 Å². The highest BCUT2D eigenvalue weighted by Gasteiger charge is 2.32. The Bertz CT molecular complexity index is 1720. The van der Waals surface area contributed by atoms with Crippen molar-refractivity contribution in [2.75, 3.05) is 31.1 Å². The molecule has 40 heavy (non-hydrogen) atoms. The Kier molecular flexibility index (Phi) is 7.76. The summed E-state index contributed by atoms with van der Waals surface area (Å²) in [4.78, 5) is 48.8. The maximum absolute atomic E-state index is 14.4. The van der Waals surface area contributed by atoms with Crippen molar-refractivity contribution in [2.45, 2.75) is 47.2 Å². The van der Waals surface area contributed by atoms with Gasteiger partial charge in [-0.1, -0.05) is 49.8 Å². The number of hydrogen-bond donors (Lipinski definition) is 1. The lowest BCUT2D eigenvalue weighted by atomic mass is 10.0. The number of Topliss-reactive ketones (excluding diaryl/α,β-unsaturated/α-hetero) is 1. The zero-order chi connectivity index (χ0) is 28.6. The Morgan fingerprint density at radius 2 is 1.82 bits per heavy atom. The predicted molar refractivity (Wildman–Crippen MR) is 161 cm³/mol. The van der Waals surface area contributed by atoms with E-state index in [1.165, 1.54) is 9.13 Å². The highest BCUT2D eigenvalue weighted by Crippen LogP contribution is 2.33. The fourth-order valence-electron chi connectivity index (χ4n) is 5.58. The van der Waals surface area contributed by atoms with E-state index < -0.39 is 11.2 Å². The van der Waals surface area contributed by atoms with E-state index in [0.717, 1.165) is 48.2 Å². The molecule has 9 nitrogen and oxygen atoms in total. The number of nitrogens with zero attached hydrogens (tertiary/aromatic N) is 5. The SMILES string of the molecule is CC(C)=CCn1c(N2CCCNCC2)c(C(=O)C(C)C)c2c1c(=O)n(Cc1nccc3ccccc13)c(=O)n2C. The maximum Gasteiger partial charge on any atom is 0.331 e. The van der Waals surface area contributed by atoms with Crippen molar-refractivity contribution in [3.8, 4) is 0 Å². The zero-order valence-corrected chi connectivity index (χ0v) is 24.0. The summed E-state index contributed by atoms with van der Waals surface area (Å²) in [6.45, 7) is 11.3. The molecule has 4 aromatic rings. The summed E-state index contributed by atoms with van der Waals surface area (Å²) in [6.07, 6.45) is 4.67. The molecule has 0 spiro atoms. The number of nitrogens with one attached hydrogen (secondary N) is 1. The highest BCUT2D eigenvalue weighted by atomic mass is 16.2. The van der Waals surface area contributed by atoms with Gasteiger partial charge >= 0.3 is 5.69 Å². The molecule has 3 aromatic heterocycles. The number of benzene rings is 1. The molecule has 5 rings (SSSR count). The molecule has 1 saturated heterocycles. The standard InChI is InChI=1S/C31H38N6O3/c1-20(2)12-17-36-27-26(25(28(38)21(3)4)29(36)35-16-8-13-32-15-18-35)34(5)31(40)37(30(27)39)19-24-23-10-7-6-9-22(23)11-14-33-24/h6-7,9-12,14,21,32H,8,13,15-19H2,1-5H3. The monoisotopic (exact) mass is 542 g/mol. The van der Waals surface area contributed by atoms with Gasteiger partial charge in [-0.05, 0) is 38.3 Å². The lowest BCUT2D eigenvalue weighted by Gasteiger charge is -2.25. The molecule has 210 valence electrons. The minimum Gasteiger partial charge on any atom is -0.356 e. The summed E-state index contributed by atoms with van der Waals surface area (Å²) in [6, 6.07) is 9.73. The van der Waals surface area contributed by atoms with Crippen LogP contribution in [-0.4, -0.2) is 50.6 Å². The van der Waals surface area contributed by atoms with E-state index in [-0.39, 0.29) is 18.2 Å². The number of rotatable bonds is 7. The first-order chi connectivity index (χ1) is 19.2. The summed E-state index contributed by atoms with van der Waals surface area (Å²) in [5.41, 5.74) is 2.12. The molecule has 1 aliphatic rings. The van der Waals surface area contributed by atoms with E-state index in [4.69, 9.17) is 0 Å². The minimum atomic E-state index is -0.464. The van der Waals surface area contributed by atoms with Crippen LogP contribution < -0.4 is 21.5 Å². The smallest absolute Gasteiger partial charge is 0.331 e. The van der Waals surface area contributed by atoms with Gasteiger partial charge in [0.25, 0.3) is 5.56 Å². The van der Waals surface area contributed by atoms with Gasteiger partial charge in [-0.2, -0.15) is 0 Å². The quantitative estimate of drug-likeness (QED) is 0.283. The summed E-state index contributed by atoms with van der Waals surface area (Å²) < 4.78 is 4.70. The summed E-state index contributed by atoms with van der Waals surface area (Å²) >= 11 is 0. The molecule has 1 N–H and O–H groups in total. The Morgan fingerprint density at radius 1 is 1.05 bits per heavy atom. The number of ketones is 1. The van der Waals surface area contributed by atoms with Gasteiger partial charge in [0.2, 0.25) is 0 Å². The molecule has 1 aromatic carbocycles. The molecule has 0 unspecified atom stereocenters. The van der Waals surface area contributed by atoms with Crippen LogP contribution in [0.15, 0.2) is 57.8 Å². The zero-order valence-electron chi connectivity index (χ0n) is 24.0. The predicted octanol–water partition coefficient (Wildman–Crippen LogP) is 3.70. The largest absolute Gasteiger partial charge is 0.356 e. The summed E-state index contributed by atoms with van der Waals surface area (Å²) in [7, 11) is 1.66. The van der Waals surface area contributed by atoms with Crippen LogP contribution in [0, 0.1) is 5.92 Å². The van der Waals surface area contributed by atoms with Gasteiger partial charge in [0.1, 0.15) is 11.3 Å². The Morgan fingerprint density at radius 3 is 2.58 bits per heavy atom. The fourth-order valence-corrected chi connectivity index (χ4v) is 5.58. The van der Waals surface area contributed by atoms with Crippen LogP contribution in [0.5, 0.6) is 0 Å². The molecule has 0 atom stereocenters. The van der Waals surface area contributed by atoms with Gasteiger partial charge in [-0.3, -0.25) is 23.7 Å². The van der Waals surface area contributed by atoms with Crippen molar-refractivity contribution >= 4 is 33.4 Å². The first-order valence-corrected chi connectivity index (χ1v) is 14.0. The number of carbonyl (C=O) groups excluding carboxylic acids is 1. The number of aryl methyl sites for hydroxylation is 1. The van der Waals surface area contributed by atoms with E-state index >= 15 is 0 Å². The molecule has 9 heteroatoms. The Balaban J connectivity index is 1.85. The van der Waals surface area contributed by atoms with Crippen LogP contribution in [0.2, 0.25) is 0 Å². The van der Waals surface area contributed by atoms with Crippen molar-refractivity contribution in [3.05, 3.63) is 80.3 Å². The first-order valence-electron chi connectivity index (χ1n) is 14.0. The molecule has 1 fully saturated rings. The number of pyridine rings is 1. The van der Waals surface area contributed by atoms with Crippen LogP contribution in [0.25, 0.3) is 21.8 Å². The molecular formula is C31H38N6O3. The molecule has 0 amide bonds. The first kappa shape index (κ1) is 27.6. The minimum absolute atomic E-state index is 0.0348. The summed E-state index contributed by atoms with van der Waals surface area (Å²) in [5.74, 6) is 0.350. The topological polar surface area (TPSA) is 94.2 Å². The molecule has 0 radical (unpaired) electrons. The second-order valence-corrected chi connectivity index (χ2v) is 11.1. The number of anilines is 1. The van der Waals surface area contributed by atoms with Gasteiger partial charge < -0.3 is 14.8 Å². The van der Waals surface area contributed by atoms with Crippen molar-refractivity contribution < 1.29 is 4.79 Å². The van der Waals surface area contributed by atoms with Crippen molar-refractivity contribution in [2.24, 2.45) is 13.0 Å². The van der Waals surface area contributed by atoms with Gasteiger partial charge in [0, 0.05) is 50.7 Å². The molecular weight excluding hydrogens is 504 g/mol. The Labute approximate surface area is 233 Å². The molecule has 0 bridgehead atoms. The second-order valence-electron chi connectivity index (χ2n) is 11.1. The number of allylic oxidation sites excluding steroid dienone is 2. The van der Waals surface area contributed by atoms with Crippen LogP contribution >= 0.6 is 0 Å². The molecule has 1 aliphatic heterocycles. The van der Waals surface area contributed by atoms with E-state index in [1.807, 2.05) is 62.6 Å². The van der Waals surface area contributed by atoms with Crippen molar-refractivity contribution in [1.82, 2.24) is 24.0 Å². The van der Waals surface area contributed by atoms with E-state index in [1.54, 1.807) is 13.2 Å². The molecule has 0 saturated carbocycles. The summed E-state index contributed by atoms with van der Waals surface area (Å²) in [5, 5.41) is 5.32. The highest BCUT2D eigenvalue weighted by molar-refractivity contribution is 6.12. The van der Waals surface area contributed by atoms with Crippen LogP contribution in [0.4, 0.5) is 5.82 Å². The average Bonchev–Trinajstić information content (AvgIpc) is 3.06. The van der Waals surface area contributed by atoms with Crippen LogP contribution in [0.1, 0.15) is 50.2 Å². The average molecular weight is 543 g/mol. The van der Waals surface area contributed by atoms with Gasteiger partial charge in [0.05, 0.1) is 23.3 Å². The fraction of sp³-hybridized carbons (Fsp3) is 0.419. The number of hydrogen-bond acceptors (Lipinski definition) is 6. The van der Waals surface area contributed by atoms with Gasteiger partial charge in [-0.15, -0.1) is 0 Å². The Hall–Kier alpha value is -3.98. The third-order valence-corrected chi connectivity index (χ3v) is 7.67. The van der Waals surface area contributed by atoms with Crippen LogP contribution in [-0.2, 0) is 20.1 Å². The van der Waals surface area contributed by atoms with Crippen LogP contribution in [0.3, 0.4) is 0 Å². The third-order valence-electron chi connectivity index (χ3n) is 7.67. The third kappa shape index (κ3) is 4.90. The number of fused-ring (bicyclic) bond motifs is 2. The van der Waals surface area contributed by atoms with Gasteiger partial charge in [-0.25, -0.2) is 4.79 Å². The van der Waals surface area contributed by atoms with Crippen molar-refractivity contribution in [3.63, 3.8) is 0 Å². The number of carbonyl (C=O) groups is 1. The second kappa shape index (κ2) is 11.3. The lowest BCUT2D eigenvalue weighted by Crippen LogP contribution is -2.40. The van der Waals surface area contributed by atoms with E-state index in [9.17, 15) is 14.4 Å². The maximum atomic E-state index is 14.4.